The average molecular weight is 915 g/mol. The van der Waals surface area contributed by atoms with Crippen LogP contribution in [0.4, 0.5) is 0 Å². The lowest BCUT2D eigenvalue weighted by Gasteiger charge is -2.37. The highest BCUT2D eigenvalue weighted by Gasteiger charge is 2.41. The van der Waals surface area contributed by atoms with Crippen molar-refractivity contribution < 1.29 is 10.2 Å². The highest BCUT2D eigenvalue weighted by Crippen LogP contribution is 2.43. The first-order valence-corrected chi connectivity index (χ1v) is 22.9. The van der Waals surface area contributed by atoms with Crippen molar-refractivity contribution in [2.75, 3.05) is 0 Å². The van der Waals surface area contributed by atoms with Crippen LogP contribution in [-0.4, -0.2) is 190 Å². The molecule has 42 radical (unpaired) electrons. The van der Waals surface area contributed by atoms with Crippen molar-refractivity contribution in [2.45, 2.75) is 10.9 Å². The molecule has 0 amide bonds. The van der Waals surface area contributed by atoms with E-state index in [2.05, 4.69) is 4.98 Å². The van der Waals surface area contributed by atoms with Gasteiger partial charge in [0.1, 0.15) is 153 Å². The molecule has 10 rings (SSSR count). The molecule has 1 aromatic heterocycles. The van der Waals surface area contributed by atoms with Crippen molar-refractivity contribution in [2.24, 2.45) is 0 Å². The van der Waals surface area contributed by atoms with E-state index in [1.807, 2.05) is 30.3 Å². The van der Waals surface area contributed by atoms with Crippen LogP contribution < -0.4 is 98.3 Å². The molecule has 76 heavy (non-hydrogen) atoms. The lowest BCUT2D eigenvalue weighted by atomic mass is 9.45. The Kier molecular flexibility index (Phi) is 13.4. The van der Waals surface area contributed by atoms with E-state index in [1.165, 1.54) is 0 Å². The average Bonchev–Trinajstić information content (AvgIpc) is 3.82. The first kappa shape index (κ1) is 53.9. The Hall–Kier alpha value is -5.49. The van der Waals surface area contributed by atoms with Crippen molar-refractivity contribution in [1.82, 2.24) is 9.55 Å². The maximum absolute atomic E-state index is 10.5. The second-order valence-electron chi connectivity index (χ2n) is 18.8. The first-order valence-electron chi connectivity index (χ1n) is 22.9. The number of benzene rings is 9. The molecule has 0 bridgehead atoms. The molecular weight excluding hydrogens is 900 g/mol. The van der Waals surface area contributed by atoms with Gasteiger partial charge < -0.3 is 10.2 Å². The molecule has 0 atom stereocenters. The number of fused-ring (bicyclic) bond motifs is 4. The van der Waals surface area contributed by atoms with Crippen LogP contribution in [0.3, 0.4) is 0 Å². The minimum Gasteiger partial charge on any atom is -0.376 e. The summed E-state index contributed by atoms with van der Waals surface area (Å²) in [5.41, 5.74) is 0.341. The second-order valence-corrected chi connectivity index (χ2v) is 18.8. The molecule has 0 aliphatic rings. The van der Waals surface area contributed by atoms with Gasteiger partial charge in [-0.05, 0) is 131 Å². The molecule has 0 fully saturated rings. The third kappa shape index (κ3) is 7.92. The fraction of sp³-hybridized carbons (Fsp3) is 0.0392. The van der Waals surface area contributed by atoms with Crippen LogP contribution in [0.15, 0.2) is 78.9 Å². The number of hydrogen-bond acceptors (Lipinski definition) is 3. The van der Waals surface area contributed by atoms with Gasteiger partial charge >= 0.3 is 0 Å². The van der Waals surface area contributed by atoms with Crippen LogP contribution in [0.25, 0.3) is 93.5 Å². The number of hydrogen-bond donors (Lipinski definition) is 2. The Morgan fingerprint density at radius 3 is 1.11 bits per heavy atom. The normalized spacial score (nSPS) is 12.1. The maximum Gasteiger partial charge on any atom is 0.152 e. The standard InChI is InChI=1S/C51H15B21N2O2/c52-31-25(32(53)40(61)47(68)39(31)60)18-10-17(11-19(12-18)26-33(54)41(62)48(69)42(63)34(26)55)24-29-27(35(56)43(64)45(66)37(29)58)23(28-30(24)38(59)46(67)44(65)36(28)57)16-6-5-15-13-20(8-7-14(15)9-16)74-22-4-2-1-3-21(22)73-49(74)50(70,71)51(72,75)76/h1-13,75-76H. The number of rotatable bonds is 7. The third-order valence-corrected chi connectivity index (χ3v) is 14.4. The molecule has 10 aromatic rings. The van der Waals surface area contributed by atoms with Gasteiger partial charge in [-0.15, -0.1) is 54.6 Å². The Morgan fingerprint density at radius 1 is 0.342 bits per heavy atom. The van der Waals surface area contributed by atoms with Gasteiger partial charge in [0.25, 0.3) is 0 Å². The van der Waals surface area contributed by atoms with E-state index in [-0.39, 0.29) is 142 Å². The Morgan fingerprint density at radius 2 is 0.684 bits per heavy atom. The summed E-state index contributed by atoms with van der Waals surface area (Å²) >= 11 is 0. The van der Waals surface area contributed by atoms with Gasteiger partial charge in [-0.1, -0.05) is 74.0 Å². The van der Waals surface area contributed by atoms with E-state index < -0.39 is 10.9 Å². The van der Waals surface area contributed by atoms with Gasteiger partial charge in [0.2, 0.25) is 0 Å². The van der Waals surface area contributed by atoms with E-state index in [9.17, 15) is 10.2 Å². The summed E-state index contributed by atoms with van der Waals surface area (Å²) in [5, 5.41) is 21.0. The Labute approximate surface area is 469 Å². The molecule has 4 nitrogen and oxygen atoms in total. The minimum absolute atomic E-state index is 0.00972. The number of imidazole rings is 1. The molecule has 0 saturated heterocycles. The van der Waals surface area contributed by atoms with Crippen LogP contribution in [0, 0.1) is 0 Å². The van der Waals surface area contributed by atoms with E-state index in [1.54, 1.807) is 53.1 Å². The molecule has 0 saturated carbocycles. The number of aliphatic hydroxyl groups is 2. The fourth-order valence-corrected chi connectivity index (χ4v) is 10.2. The monoisotopic (exact) mass is 918 g/mol. The quantitative estimate of drug-likeness (QED) is 0.0951. The molecule has 0 unspecified atom stereocenters. The van der Waals surface area contributed by atoms with Gasteiger partial charge in [0.15, 0.2) is 7.85 Å². The van der Waals surface area contributed by atoms with Crippen LogP contribution in [0.2, 0.25) is 0 Å². The van der Waals surface area contributed by atoms with Crippen LogP contribution in [0.5, 0.6) is 0 Å². The Bertz CT molecular complexity index is 4020. The zero-order chi connectivity index (χ0) is 55.3. The maximum atomic E-state index is 10.5. The van der Waals surface area contributed by atoms with Gasteiger partial charge in [-0.2, -0.15) is 0 Å². The number of nitrogens with zero attached hydrogens (tertiary/aromatic N) is 2. The van der Waals surface area contributed by atoms with E-state index in [0.717, 1.165) is 0 Å². The van der Waals surface area contributed by atoms with Crippen LogP contribution in [-0.2, 0) is 5.21 Å². The van der Waals surface area contributed by atoms with E-state index in [0.29, 0.717) is 55.3 Å². The van der Waals surface area contributed by atoms with Crippen molar-refractivity contribution in [3.8, 4) is 50.2 Å². The number of aromatic nitrogens is 2. The largest absolute Gasteiger partial charge is 0.376 e. The molecule has 25 heteroatoms. The zero-order valence-corrected chi connectivity index (χ0v) is 40.4. The molecule has 2 N–H and O–H groups in total. The topological polar surface area (TPSA) is 58.3 Å². The SMILES string of the molecule is [B]c1c([B])c([B])c(-c2cc(-c3c([B])c([B])c([B])c([B])c3[B])cc(-c3c4c([B])c([B])c([B])c([B])c4c(-c4ccc5cc(-n6c(C([B])([B])C([B])(O)O)nc7ccccc76)ccc5c4)c4c([B])c([B])c([B])c([B])c34)c2)c([B])c1[B]. The van der Waals surface area contributed by atoms with Crippen molar-refractivity contribution >= 4 is 306 Å². The summed E-state index contributed by atoms with van der Waals surface area (Å²) in [6, 6.07) is 23.0. The highest BCUT2D eigenvalue weighted by atomic mass is 16.5. The van der Waals surface area contributed by atoms with Gasteiger partial charge in [-0.3, -0.25) is 4.57 Å². The summed E-state index contributed by atoms with van der Waals surface area (Å²) in [6.45, 7) is 0. The van der Waals surface area contributed by atoms with E-state index in [4.69, 9.17) is 165 Å². The predicted octanol–water partition coefficient (Wildman–Crippen LogP) is -11.3. The van der Waals surface area contributed by atoms with E-state index >= 15 is 0 Å². The smallest absolute Gasteiger partial charge is 0.152 e. The Balaban J connectivity index is 1.34. The summed E-state index contributed by atoms with van der Waals surface area (Å²) in [5.74, 6) is -0.134. The molecule has 0 spiro atoms. The first-order chi connectivity index (χ1) is 35.6. The molecule has 0 aliphatic heterocycles. The molecule has 0 aliphatic carbocycles. The van der Waals surface area contributed by atoms with Crippen LogP contribution in [0.1, 0.15) is 5.82 Å². The summed E-state index contributed by atoms with van der Waals surface area (Å²) in [6.07, 6.45) is 0. The van der Waals surface area contributed by atoms with Crippen molar-refractivity contribution in [3.05, 3.63) is 84.7 Å². The lowest BCUT2D eigenvalue weighted by Crippen LogP contribution is -2.55. The predicted molar refractivity (Wildman–Crippen MR) is 338 cm³/mol. The zero-order valence-electron chi connectivity index (χ0n) is 40.4. The summed E-state index contributed by atoms with van der Waals surface area (Å²) in [7, 11) is 139. The van der Waals surface area contributed by atoms with Gasteiger partial charge in [-0.25, -0.2) is 4.98 Å². The highest BCUT2D eigenvalue weighted by molar-refractivity contribution is 6.73. The summed E-state index contributed by atoms with van der Waals surface area (Å²) < 4.78 is 1.59. The molecule has 304 valence electrons. The fourth-order valence-electron chi connectivity index (χ4n) is 10.2. The van der Waals surface area contributed by atoms with Crippen molar-refractivity contribution in [3.63, 3.8) is 0 Å². The molecule has 9 aromatic carbocycles. The minimum atomic E-state index is -3.08. The molecule has 1 heterocycles. The lowest BCUT2D eigenvalue weighted by molar-refractivity contribution is -0.100. The molecular formula is C51H15B21N2O2. The van der Waals surface area contributed by atoms with Crippen LogP contribution >= 0.6 is 0 Å². The third-order valence-electron chi connectivity index (χ3n) is 14.4. The second kappa shape index (κ2) is 18.9. The summed E-state index contributed by atoms with van der Waals surface area (Å²) in [4.78, 5) is 4.56. The van der Waals surface area contributed by atoms with Gasteiger partial charge in [0, 0.05) is 5.69 Å². The number of para-hydroxylation sites is 2. The van der Waals surface area contributed by atoms with Crippen molar-refractivity contribution in [1.29, 1.82) is 0 Å². The van der Waals surface area contributed by atoms with Gasteiger partial charge in [0.05, 0.1) is 26.7 Å².